The molecule has 0 aliphatic rings. The van der Waals surface area contributed by atoms with E-state index >= 15 is 0 Å². The van der Waals surface area contributed by atoms with E-state index in [1.54, 1.807) is 16.9 Å². The Morgan fingerprint density at radius 1 is 1.50 bits per heavy atom. The Bertz CT molecular complexity index is 470. The molecule has 2 aromatic rings. The lowest BCUT2D eigenvalue weighted by molar-refractivity contribution is 0.514. The van der Waals surface area contributed by atoms with Gasteiger partial charge in [0.1, 0.15) is 0 Å². The molecule has 0 spiro atoms. The molecule has 0 aliphatic carbocycles. The summed E-state index contributed by atoms with van der Waals surface area (Å²) in [7, 11) is 0. The summed E-state index contributed by atoms with van der Waals surface area (Å²) in [6.07, 6.45) is 3.47. The van der Waals surface area contributed by atoms with Gasteiger partial charge >= 0.3 is 0 Å². The predicted molar refractivity (Wildman–Crippen MR) is 55.7 cm³/mol. The lowest BCUT2D eigenvalue weighted by Crippen LogP contribution is -2.30. The van der Waals surface area contributed by atoms with Crippen LogP contribution in [-0.2, 0) is 5.54 Å². The number of nitrogens with two attached hydrogens (primary N) is 1. The van der Waals surface area contributed by atoms with Gasteiger partial charge in [0.25, 0.3) is 5.78 Å². The molecule has 14 heavy (non-hydrogen) atoms. The van der Waals surface area contributed by atoms with Crippen LogP contribution >= 0.6 is 15.9 Å². The first-order chi connectivity index (χ1) is 6.47. The second-order valence-electron chi connectivity index (χ2n) is 3.67. The summed E-state index contributed by atoms with van der Waals surface area (Å²) in [4.78, 5) is 8.32. The molecule has 6 heteroatoms. The molecule has 0 bridgehead atoms. The first-order valence-electron chi connectivity index (χ1n) is 4.14. The van der Waals surface area contributed by atoms with E-state index in [2.05, 4.69) is 31.0 Å². The van der Waals surface area contributed by atoms with Gasteiger partial charge in [-0.2, -0.15) is 4.98 Å². The Balaban J connectivity index is 2.63. The average molecular weight is 256 g/mol. The van der Waals surface area contributed by atoms with Crippen LogP contribution in [0.2, 0.25) is 0 Å². The van der Waals surface area contributed by atoms with Crippen LogP contribution in [0.4, 0.5) is 0 Å². The fraction of sp³-hybridized carbons (Fsp3) is 0.375. The smallest absolute Gasteiger partial charge is 0.252 e. The molecule has 0 radical (unpaired) electrons. The lowest BCUT2D eigenvalue weighted by atomic mass is 10.1. The second kappa shape index (κ2) is 2.99. The summed E-state index contributed by atoms with van der Waals surface area (Å²) in [5.41, 5.74) is 5.34. The summed E-state index contributed by atoms with van der Waals surface area (Å²) >= 11 is 3.31. The minimum absolute atomic E-state index is 0.541. The van der Waals surface area contributed by atoms with Crippen molar-refractivity contribution in [3.05, 3.63) is 22.7 Å². The number of fused-ring (bicyclic) bond motifs is 1. The standard InChI is InChI=1S/C8H10BrN5/c1-8(2,10)6-12-7-11-3-5(9)4-14(7)13-6/h3-4H,10H2,1-2H3. The van der Waals surface area contributed by atoms with Crippen molar-refractivity contribution in [2.24, 2.45) is 5.73 Å². The van der Waals surface area contributed by atoms with E-state index in [9.17, 15) is 0 Å². The maximum absolute atomic E-state index is 5.88. The Labute approximate surface area is 89.5 Å². The molecule has 2 rings (SSSR count). The molecule has 0 saturated carbocycles. The van der Waals surface area contributed by atoms with Gasteiger partial charge in [-0.25, -0.2) is 9.50 Å². The van der Waals surface area contributed by atoms with Crippen LogP contribution in [0.3, 0.4) is 0 Å². The first-order valence-corrected chi connectivity index (χ1v) is 4.93. The second-order valence-corrected chi connectivity index (χ2v) is 4.59. The lowest BCUT2D eigenvalue weighted by Gasteiger charge is -2.11. The van der Waals surface area contributed by atoms with Crippen molar-refractivity contribution < 1.29 is 0 Å². The molecule has 2 aromatic heterocycles. The summed E-state index contributed by atoms with van der Waals surface area (Å²) in [5, 5.41) is 4.23. The van der Waals surface area contributed by atoms with Crippen molar-refractivity contribution in [3.63, 3.8) is 0 Å². The molecule has 0 atom stereocenters. The minimum Gasteiger partial charge on any atom is -0.319 e. The highest BCUT2D eigenvalue weighted by Crippen LogP contribution is 2.14. The topological polar surface area (TPSA) is 69.1 Å². The van der Waals surface area contributed by atoms with Crippen LogP contribution < -0.4 is 5.73 Å². The van der Waals surface area contributed by atoms with Crippen LogP contribution in [0.1, 0.15) is 19.7 Å². The molecular formula is C8H10BrN5. The van der Waals surface area contributed by atoms with E-state index in [1.807, 2.05) is 13.8 Å². The van der Waals surface area contributed by atoms with E-state index in [1.165, 1.54) is 0 Å². The molecule has 0 fully saturated rings. The van der Waals surface area contributed by atoms with Crippen LogP contribution in [0.5, 0.6) is 0 Å². The highest BCUT2D eigenvalue weighted by molar-refractivity contribution is 9.10. The highest BCUT2D eigenvalue weighted by atomic mass is 79.9. The highest BCUT2D eigenvalue weighted by Gasteiger charge is 2.20. The SMILES string of the molecule is CC(C)(N)c1nc2ncc(Br)cn2n1. The zero-order chi connectivity index (χ0) is 10.3. The zero-order valence-electron chi connectivity index (χ0n) is 7.90. The molecule has 2 N–H and O–H groups in total. The molecule has 2 heterocycles. The van der Waals surface area contributed by atoms with Gasteiger partial charge in [-0.3, -0.25) is 0 Å². The molecule has 0 amide bonds. The minimum atomic E-state index is -0.541. The number of aromatic nitrogens is 4. The monoisotopic (exact) mass is 255 g/mol. The summed E-state index contributed by atoms with van der Waals surface area (Å²) in [6, 6.07) is 0. The number of hydrogen-bond donors (Lipinski definition) is 1. The normalized spacial score (nSPS) is 12.3. The maximum atomic E-state index is 5.88. The predicted octanol–water partition coefficient (Wildman–Crippen LogP) is 1.08. The Morgan fingerprint density at radius 2 is 2.21 bits per heavy atom. The van der Waals surface area contributed by atoms with Gasteiger partial charge in [-0.05, 0) is 29.8 Å². The van der Waals surface area contributed by atoms with E-state index in [-0.39, 0.29) is 0 Å². The van der Waals surface area contributed by atoms with Crippen LogP contribution in [-0.4, -0.2) is 19.6 Å². The van der Waals surface area contributed by atoms with E-state index < -0.39 is 5.54 Å². The summed E-state index contributed by atoms with van der Waals surface area (Å²) < 4.78 is 2.46. The number of rotatable bonds is 1. The van der Waals surface area contributed by atoms with Gasteiger partial charge in [-0.15, -0.1) is 5.10 Å². The van der Waals surface area contributed by atoms with E-state index in [0.29, 0.717) is 11.6 Å². The van der Waals surface area contributed by atoms with Crippen molar-refractivity contribution >= 4 is 21.7 Å². The Hall–Kier alpha value is -1.01. The van der Waals surface area contributed by atoms with Crippen molar-refractivity contribution in [3.8, 4) is 0 Å². The Morgan fingerprint density at radius 3 is 2.86 bits per heavy atom. The molecule has 0 saturated heterocycles. The maximum Gasteiger partial charge on any atom is 0.252 e. The molecule has 5 nitrogen and oxygen atoms in total. The van der Waals surface area contributed by atoms with Gasteiger partial charge in [0.15, 0.2) is 5.82 Å². The van der Waals surface area contributed by atoms with Gasteiger partial charge in [-0.1, -0.05) is 0 Å². The van der Waals surface area contributed by atoms with Crippen LogP contribution in [0, 0.1) is 0 Å². The van der Waals surface area contributed by atoms with E-state index in [0.717, 1.165) is 4.47 Å². The fourth-order valence-corrected chi connectivity index (χ4v) is 1.33. The largest absolute Gasteiger partial charge is 0.319 e. The molecule has 74 valence electrons. The first kappa shape index (κ1) is 9.54. The average Bonchev–Trinajstić information content (AvgIpc) is 2.45. The van der Waals surface area contributed by atoms with Crippen molar-refractivity contribution in [1.82, 2.24) is 19.6 Å². The molecule has 0 aliphatic heterocycles. The number of hydrogen-bond acceptors (Lipinski definition) is 4. The van der Waals surface area contributed by atoms with Crippen molar-refractivity contribution in [2.75, 3.05) is 0 Å². The van der Waals surface area contributed by atoms with Crippen LogP contribution in [0.25, 0.3) is 5.78 Å². The third kappa shape index (κ3) is 1.62. The molecular weight excluding hydrogens is 246 g/mol. The third-order valence-corrected chi connectivity index (χ3v) is 2.15. The van der Waals surface area contributed by atoms with Gasteiger partial charge < -0.3 is 5.73 Å². The molecule has 0 unspecified atom stereocenters. The summed E-state index contributed by atoms with van der Waals surface area (Å²) in [5.74, 6) is 1.14. The Kier molecular flexibility index (Phi) is 2.04. The fourth-order valence-electron chi connectivity index (χ4n) is 1.03. The van der Waals surface area contributed by atoms with Crippen molar-refractivity contribution in [2.45, 2.75) is 19.4 Å². The van der Waals surface area contributed by atoms with Gasteiger partial charge in [0.2, 0.25) is 0 Å². The van der Waals surface area contributed by atoms with Crippen LogP contribution in [0.15, 0.2) is 16.9 Å². The zero-order valence-corrected chi connectivity index (χ0v) is 9.48. The third-order valence-electron chi connectivity index (χ3n) is 1.74. The van der Waals surface area contributed by atoms with E-state index in [4.69, 9.17) is 5.73 Å². The number of halogens is 1. The quantitative estimate of drug-likeness (QED) is 0.828. The summed E-state index contributed by atoms with van der Waals surface area (Å²) in [6.45, 7) is 3.72. The van der Waals surface area contributed by atoms with Gasteiger partial charge in [0.05, 0.1) is 10.0 Å². The van der Waals surface area contributed by atoms with Gasteiger partial charge in [0, 0.05) is 12.4 Å². The van der Waals surface area contributed by atoms with Crippen molar-refractivity contribution in [1.29, 1.82) is 0 Å². The number of nitrogens with zero attached hydrogens (tertiary/aromatic N) is 4. The molecule has 0 aromatic carbocycles.